The zero-order valence-corrected chi connectivity index (χ0v) is 21.6. The fourth-order valence-electron chi connectivity index (χ4n) is 3.52. The summed E-state index contributed by atoms with van der Waals surface area (Å²) in [4.78, 5) is 18.4. The number of hydrogen-bond acceptors (Lipinski definition) is 3. The lowest BCUT2D eigenvalue weighted by molar-refractivity contribution is 0.222. The van der Waals surface area contributed by atoms with Gasteiger partial charge in [0.25, 0.3) is 0 Å². The summed E-state index contributed by atoms with van der Waals surface area (Å²) in [5, 5.41) is 9.56. The SMILES string of the molecule is CN=C(NCc1cccc(NC(=O)N2CCCC2)c1)NCc1ccc(F)cc1CSC.I. The Labute approximate surface area is 210 Å². The second-order valence-electron chi connectivity index (χ2n) is 7.45. The van der Waals surface area contributed by atoms with Crippen molar-refractivity contribution in [2.24, 2.45) is 4.99 Å². The largest absolute Gasteiger partial charge is 0.352 e. The Hall–Kier alpha value is -2.01. The first-order valence-corrected chi connectivity index (χ1v) is 11.8. The molecule has 0 radical (unpaired) electrons. The number of thioether (sulfide) groups is 1. The van der Waals surface area contributed by atoms with Crippen molar-refractivity contribution in [3.8, 4) is 0 Å². The summed E-state index contributed by atoms with van der Waals surface area (Å²) in [6.45, 7) is 2.76. The minimum atomic E-state index is -0.216. The summed E-state index contributed by atoms with van der Waals surface area (Å²) in [5.41, 5.74) is 3.85. The van der Waals surface area contributed by atoms with Gasteiger partial charge in [-0.25, -0.2) is 9.18 Å². The maximum absolute atomic E-state index is 13.5. The third kappa shape index (κ3) is 7.84. The van der Waals surface area contributed by atoms with Crippen LogP contribution < -0.4 is 16.0 Å². The van der Waals surface area contributed by atoms with E-state index in [-0.39, 0.29) is 35.8 Å². The predicted octanol–water partition coefficient (Wildman–Crippen LogP) is 4.80. The summed E-state index contributed by atoms with van der Waals surface area (Å²) >= 11 is 1.67. The van der Waals surface area contributed by atoms with Gasteiger partial charge in [0.2, 0.25) is 0 Å². The second kappa shape index (κ2) is 13.5. The van der Waals surface area contributed by atoms with Crippen LogP contribution in [0.5, 0.6) is 0 Å². The predicted molar refractivity (Wildman–Crippen MR) is 142 cm³/mol. The first kappa shape index (κ1) is 26.2. The van der Waals surface area contributed by atoms with Gasteiger partial charge in [-0.3, -0.25) is 4.99 Å². The monoisotopic (exact) mass is 571 g/mol. The highest BCUT2D eigenvalue weighted by Gasteiger charge is 2.17. The Balaban J connectivity index is 0.00000363. The molecule has 0 aliphatic carbocycles. The minimum Gasteiger partial charge on any atom is -0.352 e. The highest BCUT2D eigenvalue weighted by molar-refractivity contribution is 14.0. The molecule has 174 valence electrons. The van der Waals surface area contributed by atoms with Gasteiger partial charge in [0.05, 0.1) is 0 Å². The van der Waals surface area contributed by atoms with Crippen molar-refractivity contribution < 1.29 is 9.18 Å². The summed E-state index contributed by atoms with van der Waals surface area (Å²) in [7, 11) is 1.72. The number of benzene rings is 2. The molecule has 2 aromatic rings. The molecule has 0 atom stereocenters. The Kier molecular flexibility index (Phi) is 11.1. The van der Waals surface area contributed by atoms with E-state index in [9.17, 15) is 9.18 Å². The number of hydrogen-bond donors (Lipinski definition) is 3. The number of likely N-dealkylation sites (tertiary alicyclic amines) is 1. The molecule has 0 unspecified atom stereocenters. The number of nitrogens with one attached hydrogen (secondary N) is 3. The summed E-state index contributed by atoms with van der Waals surface area (Å²) in [5.74, 6) is 1.20. The van der Waals surface area contributed by atoms with E-state index in [2.05, 4.69) is 20.9 Å². The molecule has 0 aromatic heterocycles. The molecule has 3 N–H and O–H groups in total. The van der Waals surface area contributed by atoms with Crippen molar-refractivity contribution in [2.75, 3.05) is 31.7 Å². The van der Waals surface area contributed by atoms with Gasteiger partial charge >= 0.3 is 6.03 Å². The van der Waals surface area contributed by atoms with Crippen molar-refractivity contribution in [3.63, 3.8) is 0 Å². The molecule has 0 bridgehead atoms. The molecule has 1 saturated heterocycles. The van der Waals surface area contributed by atoms with Crippen LogP contribution in [0.25, 0.3) is 0 Å². The molecular weight excluding hydrogens is 540 g/mol. The number of anilines is 1. The van der Waals surface area contributed by atoms with Crippen LogP contribution in [0.15, 0.2) is 47.5 Å². The van der Waals surface area contributed by atoms with Gasteiger partial charge in [0, 0.05) is 44.7 Å². The molecule has 9 heteroatoms. The number of aliphatic imine (C=N–C) groups is 1. The average molecular weight is 572 g/mol. The van der Waals surface area contributed by atoms with E-state index in [4.69, 9.17) is 0 Å². The molecule has 1 aliphatic rings. The van der Waals surface area contributed by atoms with E-state index in [1.807, 2.05) is 41.5 Å². The number of amides is 2. The third-order valence-electron chi connectivity index (χ3n) is 5.17. The van der Waals surface area contributed by atoms with Crippen LogP contribution >= 0.6 is 35.7 Å². The molecule has 0 saturated carbocycles. The first-order valence-electron chi connectivity index (χ1n) is 10.4. The van der Waals surface area contributed by atoms with Gasteiger partial charge in [-0.1, -0.05) is 18.2 Å². The lowest BCUT2D eigenvalue weighted by Gasteiger charge is -2.17. The lowest BCUT2D eigenvalue weighted by atomic mass is 10.1. The van der Waals surface area contributed by atoms with Crippen LogP contribution in [-0.2, 0) is 18.8 Å². The zero-order chi connectivity index (χ0) is 22.1. The number of carbonyl (C=O) groups is 1. The normalized spacial score (nSPS) is 13.5. The van der Waals surface area contributed by atoms with E-state index in [1.54, 1.807) is 24.9 Å². The molecular formula is C23H31FIN5OS. The summed E-state index contributed by atoms with van der Waals surface area (Å²) in [6.07, 6.45) is 4.14. The van der Waals surface area contributed by atoms with Crippen LogP contribution in [0.4, 0.5) is 14.9 Å². The van der Waals surface area contributed by atoms with Gasteiger partial charge in [-0.2, -0.15) is 11.8 Å². The van der Waals surface area contributed by atoms with Crippen LogP contribution in [-0.4, -0.2) is 43.3 Å². The first-order chi connectivity index (χ1) is 15.1. The highest BCUT2D eigenvalue weighted by atomic mass is 127. The Morgan fingerprint density at radius 3 is 2.56 bits per heavy atom. The van der Waals surface area contributed by atoms with Crippen molar-refractivity contribution in [1.29, 1.82) is 0 Å². The van der Waals surface area contributed by atoms with Crippen molar-refractivity contribution in [1.82, 2.24) is 15.5 Å². The number of urea groups is 1. The third-order valence-corrected chi connectivity index (χ3v) is 5.77. The topological polar surface area (TPSA) is 68.8 Å². The number of rotatable bonds is 7. The molecule has 32 heavy (non-hydrogen) atoms. The molecule has 3 rings (SSSR count). The number of guanidine groups is 1. The van der Waals surface area contributed by atoms with Crippen molar-refractivity contribution in [2.45, 2.75) is 31.7 Å². The number of nitrogens with zero attached hydrogens (tertiary/aromatic N) is 2. The maximum Gasteiger partial charge on any atom is 0.321 e. The van der Waals surface area contributed by atoms with Crippen molar-refractivity contribution >= 4 is 53.4 Å². The van der Waals surface area contributed by atoms with Gasteiger partial charge < -0.3 is 20.9 Å². The van der Waals surface area contributed by atoms with Gasteiger partial charge in [-0.15, -0.1) is 24.0 Å². The van der Waals surface area contributed by atoms with Crippen LogP contribution in [0.2, 0.25) is 0 Å². The molecule has 2 amide bonds. The van der Waals surface area contributed by atoms with Crippen LogP contribution in [0, 0.1) is 5.82 Å². The molecule has 1 fully saturated rings. The van der Waals surface area contributed by atoms with Gasteiger partial charge in [-0.05, 0) is 60.1 Å². The fourth-order valence-corrected chi connectivity index (χ4v) is 4.10. The van der Waals surface area contributed by atoms with E-state index in [1.165, 1.54) is 6.07 Å². The van der Waals surface area contributed by atoms with Gasteiger partial charge in [0.1, 0.15) is 5.82 Å². The molecule has 6 nitrogen and oxygen atoms in total. The van der Waals surface area contributed by atoms with Crippen LogP contribution in [0.3, 0.4) is 0 Å². The summed E-state index contributed by atoms with van der Waals surface area (Å²) < 4.78 is 13.5. The van der Waals surface area contributed by atoms with Crippen molar-refractivity contribution in [3.05, 3.63) is 65.0 Å². The Morgan fingerprint density at radius 1 is 1.09 bits per heavy atom. The molecule has 0 spiro atoms. The second-order valence-corrected chi connectivity index (χ2v) is 8.32. The smallest absolute Gasteiger partial charge is 0.321 e. The standard InChI is InChI=1S/C23H30FN5OS.HI/c1-25-22(27-15-18-8-9-20(24)13-19(18)16-31-2)26-14-17-6-5-7-21(12-17)28-23(30)29-10-3-4-11-29;/h5-9,12-13H,3-4,10-11,14-16H2,1-2H3,(H,28,30)(H2,25,26,27);1H. The minimum absolute atomic E-state index is 0. The quantitative estimate of drug-likeness (QED) is 0.254. The fraction of sp³-hybridized carbons (Fsp3) is 0.391. The number of halogens is 2. The maximum atomic E-state index is 13.5. The molecule has 2 aromatic carbocycles. The van der Waals surface area contributed by atoms with E-state index < -0.39 is 0 Å². The van der Waals surface area contributed by atoms with E-state index in [0.717, 1.165) is 54.1 Å². The van der Waals surface area contributed by atoms with Crippen LogP contribution in [0.1, 0.15) is 29.5 Å². The Morgan fingerprint density at radius 2 is 1.84 bits per heavy atom. The van der Waals surface area contributed by atoms with Gasteiger partial charge in [0.15, 0.2) is 5.96 Å². The highest BCUT2D eigenvalue weighted by Crippen LogP contribution is 2.17. The molecule has 1 heterocycles. The molecule has 1 aliphatic heterocycles. The summed E-state index contributed by atoms with van der Waals surface area (Å²) in [6, 6.07) is 12.6. The average Bonchev–Trinajstić information content (AvgIpc) is 3.31. The van der Waals surface area contributed by atoms with E-state index in [0.29, 0.717) is 19.0 Å². The zero-order valence-electron chi connectivity index (χ0n) is 18.5. The Bertz CT molecular complexity index is 921. The number of carbonyl (C=O) groups excluding carboxylic acids is 1. The lowest BCUT2D eigenvalue weighted by Crippen LogP contribution is -2.36. The van der Waals surface area contributed by atoms with E-state index >= 15 is 0 Å².